The Kier molecular flexibility index (Phi) is 6.74. The predicted molar refractivity (Wildman–Crippen MR) is 141 cm³/mol. The minimum Gasteiger partial charge on any atom is -0.496 e. The number of nitrogens with one attached hydrogen (secondary N) is 1. The summed E-state index contributed by atoms with van der Waals surface area (Å²) in [6, 6.07) is 13.3. The molecule has 34 heavy (non-hydrogen) atoms. The molecule has 0 bridgehead atoms. The molecule has 0 saturated heterocycles. The van der Waals surface area contributed by atoms with E-state index in [0.717, 1.165) is 50.0 Å². The van der Waals surface area contributed by atoms with Gasteiger partial charge in [0.15, 0.2) is 0 Å². The number of aryl methyl sites for hydroxylation is 3. The fourth-order valence-electron chi connectivity index (χ4n) is 4.29. The van der Waals surface area contributed by atoms with Crippen molar-refractivity contribution in [3.05, 3.63) is 87.1 Å². The first-order chi connectivity index (χ1) is 16.2. The maximum atomic E-state index is 12.8. The van der Waals surface area contributed by atoms with Crippen LogP contribution in [0.2, 0.25) is 10.0 Å². The first-order valence-corrected chi connectivity index (χ1v) is 11.6. The Bertz CT molecular complexity index is 1430. The van der Waals surface area contributed by atoms with Crippen LogP contribution in [0.4, 0.5) is 5.69 Å². The summed E-state index contributed by atoms with van der Waals surface area (Å²) in [4.78, 5) is 12.8. The Balaban J connectivity index is 1.78. The largest absolute Gasteiger partial charge is 0.496 e. The Hall–Kier alpha value is -3.21. The summed E-state index contributed by atoms with van der Waals surface area (Å²) in [7, 11) is 1.61. The summed E-state index contributed by atoms with van der Waals surface area (Å²) < 4.78 is 11.6. The Labute approximate surface area is 209 Å². The molecule has 0 atom stereocenters. The number of fused-ring (bicyclic) bond motifs is 1. The van der Waals surface area contributed by atoms with Gasteiger partial charge in [-0.25, -0.2) is 0 Å². The zero-order chi connectivity index (χ0) is 24.6. The standard InChI is InChI=1S/C28H25Cl2NO3/c1-15-8-16(2)10-20(9-15)31-26(32)11-17(3)22-13-23-24(21-7-6-19(29)12-25(21)30)14-34-28(23)18(4)27(22)33-5/h6-14H,1-5H3,(H,31,32)/b17-11+. The normalized spacial score (nSPS) is 11.7. The molecule has 0 saturated carbocycles. The van der Waals surface area contributed by atoms with Gasteiger partial charge in [0.2, 0.25) is 5.91 Å². The summed E-state index contributed by atoms with van der Waals surface area (Å²) in [5, 5.41) is 4.93. The minimum atomic E-state index is -0.213. The van der Waals surface area contributed by atoms with Crippen molar-refractivity contribution in [2.45, 2.75) is 27.7 Å². The van der Waals surface area contributed by atoms with Gasteiger partial charge in [-0.05, 0) is 74.7 Å². The van der Waals surface area contributed by atoms with Crippen LogP contribution in [-0.4, -0.2) is 13.0 Å². The number of hydrogen-bond acceptors (Lipinski definition) is 3. The number of hydrogen-bond donors (Lipinski definition) is 1. The van der Waals surface area contributed by atoms with Gasteiger partial charge in [0.1, 0.15) is 11.3 Å². The first kappa shape index (κ1) is 23.9. The van der Waals surface area contributed by atoms with Gasteiger partial charge in [0.05, 0.1) is 18.4 Å². The Morgan fingerprint density at radius 3 is 2.35 bits per heavy atom. The molecule has 1 heterocycles. The van der Waals surface area contributed by atoms with Gasteiger partial charge in [-0.15, -0.1) is 0 Å². The number of allylic oxidation sites excluding steroid dienone is 1. The van der Waals surface area contributed by atoms with Crippen LogP contribution in [0.3, 0.4) is 0 Å². The number of rotatable bonds is 5. The topological polar surface area (TPSA) is 51.5 Å². The lowest BCUT2D eigenvalue weighted by Crippen LogP contribution is -2.09. The van der Waals surface area contributed by atoms with Crippen molar-refractivity contribution in [1.29, 1.82) is 0 Å². The number of amides is 1. The quantitative estimate of drug-likeness (QED) is 0.284. The lowest BCUT2D eigenvalue weighted by atomic mass is 9.96. The Morgan fingerprint density at radius 2 is 1.71 bits per heavy atom. The maximum absolute atomic E-state index is 12.8. The molecule has 4 nitrogen and oxygen atoms in total. The number of methoxy groups -OCH3 is 1. The van der Waals surface area contributed by atoms with E-state index in [9.17, 15) is 4.79 Å². The van der Waals surface area contributed by atoms with Gasteiger partial charge < -0.3 is 14.5 Å². The number of carbonyl (C=O) groups is 1. The molecule has 3 aromatic carbocycles. The van der Waals surface area contributed by atoms with Crippen molar-refractivity contribution >= 4 is 51.3 Å². The molecule has 0 fully saturated rings. The van der Waals surface area contributed by atoms with Crippen molar-refractivity contribution in [2.24, 2.45) is 0 Å². The molecule has 1 amide bonds. The summed E-state index contributed by atoms with van der Waals surface area (Å²) in [5.74, 6) is 0.444. The molecule has 1 aromatic heterocycles. The highest BCUT2D eigenvalue weighted by Crippen LogP contribution is 2.42. The molecular weight excluding hydrogens is 469 g/mol. The van der Waals surface area contributed by atoms with E-state index < -0.39 is 0 Å². The summed E-state index contributed by atoms with van der Waals surface area (Å²) in [6.07, 6.45) is 3.26. The highest BCUT2D eigenvalue weighted by Gasteiger charge is 2.20. The van der Waals surface area contributed by atoms with Crippen LogP contribution in [0.5, 0.6) is 5.75 Å². The van der Waals surface area contributed by atoms with Crippen LogP contribution >= 0.6 is 23.2 Å². The van der Waals surface area contributed by atoms with Crippen molar-refractivity contribution in [3.63, 3.8) is 0 Å². The van der Waals surface area contributed by atoms with E-state index in [0.29, 0.717) is 21.4 Å². The molecule has 6 heteroatoms. The molecule has 174 valence electrons. The van der Waals surface area contributed by atoms with Gasteiger partial charge in [-0.1, -0.05) is 35.3 Å². The molecule has 0 radical (unpaired) electrons. The number of benzene rings is 3. The third kappa shape index (κ3) is 4.70. The van der Waals surface area contributed by atoms with E-state index in [1.54, 1.807) is 31.6 Å². The van der Waals surface area contributed by atoms with Crippen molar-refractivity contribution in [2.75, 3.05) is 12.4 Å². The van der Waals surface area contributed by atoms with E-state index in [1.165, 1.54) is 0 Å². The molecule has 4 rings (SSSR count). The molecular formula is C28H25Cl2NO3. The van der Waals surface area contributed by atoms with Crippen LogP contribution in [0.1, 0.15) is 29.2 Å². The third-order valence-corrected chi connectivity index (χ3v) is 6.28. The molecule has 0 spiro atoms. The van der Waals surface area contributed by atoms with Crippen LogP contribution in [-0.2, 0) is 4.79 Å². The van der Waals surface area contributed by atoms with Crippen LogP contribution in [0, 0.1) is 20.8 Å². The van der Waals surface area contributed by atoms with Crippen LogP contribution < -0.4 is 10.1 Å². The van der Waals surface area contributed by atoms with Crippen molar-refractivity contribution < 1.29 is 13.9 Å². The van der Waals surface area contributed by atoms with Gasteiger partial charge in [0.25, 0.3) is 0 Å². The van der Waals surface area contributed by atoms with E-state index in [4.69, 9.17) is 32.4 Å². The Morgan fingerprint density at radius 1 is 1.00 bits per heavy atom. The number of carbonyl (C=O) groups excluding carboxylic acids is 1. The highest BCUT2D eigenvalue weighted by atomic mass is 35.5. The number of anilines is 1. The number of ether oxygens (including phenoxy) is 1. The lowest BCUT2D eigenvalue weighted by Gasteiger charge is -2.14. The SMILES string of the molecule is COc1c(/C(C)=C/C(=O)Nc2cc(C)cc(C)c2)cc2c(-c3ccc(Cl)cc3Cl)coc2c1C. The second kappa shape index (κ2) is 9.57. The fraction of sp³-hybridized carbons (Fsp3) is 0.179. The summed E-state index contributed by atoms with van der Waals surface area (Å²) >= 11 is 12.6. The highest BCUT2D eigenvalue weighted by molar-refractivity contribution is 6.36. The third-order valence-electron chi connectivity index (χ3n) is 5.73. The average Bonchev–Trinajstić information content (AvgIpc) is 3.16. The molecule has 0 aliphatic carbocycles. The molecule has 0 unspecified atom stereocenters. The second-order valence-corrected chi connectivity index (χ2v) is 9.27. The molecule has 0 aliphatic heterocycles. The van der Waals surface area contributed by atoms with E-state index in [1.807, 2.05) is 52.0 Å². The second-order valence-electron chi connectivity index (χ2n) is 8.43. The lowest BCUT2D eigenvalue weighted by molar-refractivity contribution is -0.111. The molecule has 0 aliphatic rings. The van der Waals surface area contributed by atoms with Crippen molar-refractivity contribution in [1.82, 2.24) is 0 Å². The van der Waals surface area contributed by atoms with Gasteiger partial charge in [-0.3, -0.25) is 4.79 Å². The van der Waals surface area contributed by atoms with Crippen LogP contribution in [0.15, 0.2) is 59.2 Å². The first-order valence-electron chi connectivity index (χ1n) is 10.8. The molecule has 1 N–H and O–H groups in total. The van der Waals surface area contributed by atoms with Gasteiger partial charge in [-0.2, -0.15) is 0 Å². The predicted octanol–water partition coefficient (Wildman–Crippen LogP) is 8.38. The number of furan rings is 1. The van der Waals surface area contributed by atoms with E-state index >= 15 is 0 Å². The summed E-state index contributed by atoms with van der Waals surface area (Å²) in [5.41, 5.74) is 7.71. The molecule has 4 aromatic rings. The smallest absolute Gasteiger partial charge is 0.248 e. The maximum Gasteiger partial charge on any atom is 0.248 e. The van der Waals surface area contributed by atoms with E-state index in [-0.39, 0.29) is 5.91 Å². The number of halogens is 2. The minimum absolute atomic E-state index is 0.213. The fourth-order valence-corrected chi connectivity index (χ4v) is 4.80. The van der Waals surface area contributed by atoms with Gasteiger partial charge >= 0.3 is 0 Å². The zero-order valence-corrected chi connectivity index (χ0v) is 21.2. The monoisotopic (exact) mass is 493 g/mol. The average molecular weight is 494 g/mol. The summed E-state index contributed by atoms with van der Waals surface area (Å²) in [6.45, 7) is 7.83. The van der Waals surface area contributed by atoms with Crippen molar-refractivity contribution in [3.8, 4) is 16.9 Å². The van der Waals surface area contributed by atoms with Gasteiger partial charge in [0, 0.05) is 44.4 Å². The zero-order valence-electron chi connectivity index (χ0n) is 19.7. The van der Waals surface area contributed by atoms with Crippen LogP contribution in [0.25, 0.3) is 27.7 Å². The van der Waals surface area contributed by atoms with E-state index in [2.05, 4.69) is 11.4 Å².